The molecule has 3 N–H and O–H groups in total. The van der Waals surface area contributed by atoms with Crippen molar-refractivity contribution < 1.29 is 66.8 Å². The maximum Gasteiger partial charge on any atom is 0.329 e. The molecular weight excluding hydrogens is 969 g/mol. The minimum atomic E-state index is -1.39. The van der Waals surface area contributed by atoms with E-state index < -0.39 is 77.1 Å². The summed E-state index contributed by atoms with van der Waals surface area (Å²) in [5.74, 6) is -4.29. The van der Waals surface area contributed by atoms with Crippen LogP contribution in [0.2, 0.25) is 0 Å². The first-order valence-corrected chi connectivity index (χ1v) is 26.6. The Hall–Kier alpha value is -5.28. The maximum atomic E-state index is 14.7. The van der Waals surface area contributed by atoms with E-state index >= 15 is 0 Å². The molecule has 20 heteroatoms. The molecule has 0 spiro atoms. The fourth-order valence-electron chi connectivity index (χ4n) is 9.99. The smallest absolute Gasteiger partial charge is 0.329 e. The summed E-state index contributed by atoms with van der Waals surface area (Å²) in [7, 11) is 4.75. The third-order valence-corrected chi connectivity index (χ3v) is 14.0. The van der Waals surface area contributed by atoms with Gasteiger partial charge in [-0.2, -0.15) is 0 Å². The summed E-state index contributed by atoms with van der Waals surface area (Å²) in [6.45, 7) is 15.7. The number of nitrogens with zero attached hydrogens (tertiary/aromatic N) is 3. The zero-order valence-electron chi connectivity index (χ0n) is 46.3. The largest absolute Gasteiger partial charge is 0.458 e. The molecule has 0 aromatic heterocycles. The van der Waals surface area contributed by atoms with E-state index in [0.29, 0.717) is 19.4 Å². The lowest BCUT2D eigenvalue weighted by molar-refractivity contribution is -0.159. The van der Waals surface area contributed by atoms with Crippen molar-refractivity contribution in [2.45, 2.75) is 161 Å². The molecule has 1 saturated carbocycles. The molecule has 7 amide bonds. The van der Waals surface area contributed by atoms with E-state index in [9.17, 15) is 38.4 Å². The minimum absolute atomic E-state index is 0.0213. The van der Waals surface area contributed by atoms with Gasteiger partial charge in [0.25, 0.3) is 11.8 Å². The van der Waals surface area contributed by atoms with Gasteiger partial charge in [0.05, 0.1) is 82.8 Å². The maximum absolute atomic E-state index is 14.7. The van der Waals surface area contributed by atoms with Gasteiger partial charge in [-0.05, 0) is 77.7 Å². The van der Waals surface area contributed by atoms with Crippen molar-refractivity contribution in [2.24, 2.45) is 17.8 Å². The van der Waals surface area contributed by atoms with Gasteiger partial charge in [-0.3, -0.25) is 38.5 Å². The van der Waals surface area contributed by atoms with Gasteiger partial charge in [0, 0.05) is 52.8 Å². The molecule has 2 aliphatic heterocycles. The van der Waals surface area contributed by atoms with Crippen molar-refractivity contribution in [2.75, 3.05) is 74.0 Å². The number of benzene rings is 1. The Morgan fingerprint density at radius 2 is 1.37 bits per heavy atom. The van der Waals surface area contributed by atoms with Gasteiger partial charge in [0.15, 0.2) is 0 Å². The average Bonchev–Trinajstić information content (AvgIpc) is 4.14. The highest BCUT2D eigenvalue weighted by molar-refractivity contribution is 6.12. The van der Waals surface area contributed by atoms with Crippen LogP contribution in [-0.4, -0.2) is 184 Å². The van der Waals surface area contributed by atoms with Crippen molar-refractivity contribution in [3.8, 4) is 0 Å². The van der Waals surface area contributed by atoms with Crippen LogP contribution < -0.4 is 16.0 Å². The molecular formula is C55H86N6O14. The molecule has 7 atom stereocenters. The number of carbonyl (C=O) groups excluding carboxylic acids is 8. The predicted molar refractivity (Wildman–Crippen MR) is 278 cm³/mol. The molecule has 0 radical (unpaired) electrons. The van der Waals surface area contributed by atoms with Gasteiger partial charge in [-0.25, -0.2) is 4.79 Å². The highest BCUT2D eigenvalue weighted by Crippen LogP contribution is 2.35. The lowest BCUT2D eigenvalue weighted by Gasteiger charge is -2.41. The molecule has 1 aliphatic carbocycles. The molecule has 1 aromatic rings. The lowest BCUT2D eigenvalue weighted by Crippen LogP contribution is -2.62. The number of methoxy groups -OCH3 is 2. The monoisotopic (exact) mass is 1050 g/mol. The summed E-state index contributed by atoms with van der Waals surface area (Å²) in [6, 6.07) is 6.49. The Kier molecular flexibility index (Phi) is 24.8. The van der Waals surface area contributed by atoms with Crippen LogP contribution in [0.15, 0.2) is 42.5 Å². The van der Waals surface area contributed by atoms with E-state index in [1.165, 1.54) is 26.4 Å². The number of likely N-dealkylation sites (N-methyl/N-ethyl adjacent to an activating group) is 1. The Bertz CT molecular complexity index is 2070. The summed E-state index contributed by atoms with van der Waals surface area (Å²) >= 11 is 0. The molecule has 75 heavy (non-hydrogen) atoms. The molecule has 1 aromatic carbocycles. The number of rotatable bonds is 31. The van der Waals surface area contributed by atoms with Gasteiger partial charge in [0.2, 0.25) is 29.5 Å². The van der Waals surface area contributed by atoms with E-state index in [1.54, 1.807) is 58.4 Å². The molecule has 2 fully saturated rings. The van der Waals surface area contributed by atoms with Crippen molar-refractivity contribution in [1.29, 1.82) is 0 Å². The quantitative estimate of drug-likeness (QED) is 0.0549. The topological polar surface area (TPSA) is 238 Å². The van der Waals surface area contributed by atoms with Gasteiger partial charge in [0.1, 0.15) is 23.2 Å². The third-order valence-electron chi connectivity index (χ3n) is 14.0. The van der Waals surface area contributed by atoms with E-state index in [2.05, 4.69) is 16.0 Å². The number of hydrogen-bond donors (Lipinski definition) is 3. The van der Waals surface area contributed by atoms with Crippen LogP contribution in [0.5, 0.6) is 0 Å². The van der Waals surface area contributed by atoms with E-state index in [0.717, 1.165) is 36.1 Å². The van der Waals surface area contributed by atoms with Gasteiger partial charge in [-0.1, -0.05) is 63.9 Å². The highest BCUT2D eigenvalue weighted by Gasteiger charge is 2.45. The molecule has 0 unspecified atom stereocenters. The molecule has 20 nitrogen and oxygen atoms in total. The molecule has 1 saturated heterocycles. The molecule has 420 valence electrons. The minimum Gasteiger partial charge on any atom is -0.458 e. The summed E-state index contributed by atoms with van der Waals surface area (Å²) in [6.07, 6.45) is 6.03. The number of likely N-dealkylation sites (tertiary alicyclic amines) is 1. The Labute approximate surface area is 444 Å². The third kappa shape index (κ3) is 19.1. The highest BCUT2D eigenvalue weighted by atomic mass is 16.6. The first kappa shape index (κ1) is 62.3. The number of hydrogen-bond acceptors (Lipinski definition) is 14. The number of ether oxygens (including phenoxy) is 6. The van der Waals surface area contributed by atoms with Crippen LogP contribution in [0.3, 0.4) is 0 Å². The predicted octanol–water partition coefficient (Wildman–Crippen LogP) is 3.52. The SMILES string of the molecule is CO[C@H]([C@@H](C)C(=O)N[C@@H](Cc1ccccc1)C(=O)OC(C)(C)C)[C@@H]1CCCN1C(=O)C[C@@H](OC)[C@H](C1CCCC1)N(C)C(=O)[C@@H](NC(=O)C(C)(C)NC(=O)CCOCCOCCOCCN1C(=O)C=CC1=O)C(C)C. The summed E-state index contributed by atoms with van der Waals surface area (Å²) in [5.41, 5.74) is -1.31. The molecule has 4 rings (SSSR count). The normalized spacial score (nSPS) is 18.6. The van der Waals surface area contributed by atoms with Gasteiger partial charge >= 0.3 is 5.97 Å². The second-order valence-electron chi connectivity index (χ2n) is 21.6. The van der Waals surface area contributed by atoms with Crippen LogP contribution in [0, 0.1) is 17.8 Å². The van der Waals surface area contributed by atoms with Crippen molar-refractivity contribution >= 4 is 47.3 Å². The Balaban J connectivity index is 1.32. The summed E-state index contributed by atoms with van der Waals surface area (Å²) in [5, 5.41) is 8.60. The molecule has 3 aliphatic rings. The average molecular weight is 1060 g/mol. The van der Waals surface area contributed by atoms with Crippen molar-refractivity contribution in [3.05, 3.63) is 48.0 Å². The van der Waals surface area contributed by atoms with E-state index in [1.807, 2.05) is 44.2 Å². The number of carbonyl (C=O) groups is 8. The fourth-order valence-corrected chi connectivity index (χ4v) is 9.99. The Morgan fingerprint density at radius 1 is 0.773 bits per heavy atom. The van der Waals surface area contributed by atoms with E-state index in [-0.39, 0.29) is 101 Å². The van der Waals surface area contributed by atoms with Crippen LogP contribution >= 0.6 is 0 Å². The summed E-state index contributed by atoms with van der Waals surface area (Å²) in [4.78, 5) is 111. The zero-order valence-corrected chi connectivity index (χ0v) is 46.3. The fraction of sp³-hybridized carbons (Fsp3) is 0.709. The standard InChI is InChI=1S/C55H86N6O14/c1-36(2)47(57-53(69)55(7,8)58-43(62)25-28-72-30-32-74-33-31-73-29-27-61-44(63)23-24-45(61)64)51(67)59(9)48(39-20-15-16-21-39)42(70-10)35-46(65)60-26-17-22-41(60)49(71-11)37(3)50(66)56-40(52(68)75-54(4,5)6)34-38-18-13-12-14-19-38/h12-14,18-19,23-24,36-37,39-42,47-49H,15-17,20-22,25-35H2,1-11H3,(H,56,66)(H,57,69)(H,58,62)/t37-,40+,41+,42-,47+,48+,49-/m1/s1. The van der Waals surface area contributed by atoms with Gasteiger partial charge in [-0.15, -0.1) is 0 Å². The molecule has 2 heterocycles. The van der Waals surface area contributed by atoms with Crippen molar-refractivity contribution in [1.82, 2.24) is 30.7 Å². The van der Waals surface area contributed by atoms with Gasteiger partial charge < -0.3 is 54.2 Å². The van der Waals surface area contributed by atoms with Crippen LogP contribution in [0.4, 0.5) is 0 Å². The number of imide groups is 1. The number of amides is 7. The first-order valence-electron chi connectivity index (χ1n) is 26.6. The van der Waals surface area contributed by atoms with Crippen LogP contribution in [-0.2, 0) is 73.2 Å². The first-order chi connectivity index (χ1) is 35.5. The second kappa shape index (κ2) is 29.9. The molecule has 0 bridgehead atoms. The van der Waals surface area contributed by atoms with E-state index in [4.69, 9.17) is 28.4 Å². The van der Waals surface area contributed by atoms with Crippen LogP contribution in [0.1, 0.15) is 112 Å². The van der Waals surface area contributed by atoms with Crippen LogP contribution in [0.25, 0.3) is 0 Å². The zero-order chi connectivity index (χ0) is 55.5. The summed E-state index contributed by atoms with van der Waals surface area (Å²) < 4.78 is 34.3. The lowest BCUT2D eigenvalue weighted by atomic mass is 9.88. The van der Waals surface area contributed by atoms with Crippen molar-refractivity contribution in [3.63, 3.8) is 0 Å². The number of nitrogens with one attached hydrogen (secondary N) is 3. The Morgan fingerprint density at radius 3 is 1.95 bits per heavy atom. The number of esters is 1. The second-order valence-corrected chi connectivity index (χ2v) is 21.6.